The number of rotatable bonds is 0. The van der Waals surface area contributed by atoms with Crippen LogP contribution in [-0.4, -0.2) is 10.1 Å². The minimum absolute atomic E-state index is 0.372. The number of fused-ring (bicyclic) bond motifs is 4. The third-order valence-electron chi connectivity index (χ3n) is 3.18. The van der Waals surface area contributed by atoms with Crippen molar-refractivity contribution in [1.29, 1.82) is 0 Å². The van der Waals surface area contributed by atoms with Crippen LogP contribution in [0.3, 0.4) is 0 Å². The molecule has 2 N–H and O–H groups in total. The van der Waals surface area contributed by atoms with Gasteiger partial charge in [-0.15, -0.1) is 11.3 Å². The van der Waals surface area contributed by atoms with Crippen LogP contribution in [0, 0.1) is 0 Å². The van der Waals surface area contributed by atoms with Crippen LogP contribution >= 0.6 is 11.3 Å². The largest absolute Gasteiger partial charge is 0.506 e. The lowest BCUT2D eigenvalue weighted by molar-refractivity contribution is 0.484. The number of H-pyrrole nitrogens is 1. The van der Waals surface area contributed by atoms with E-state index in [0.717, 1.165) is 21.1 Å². The third-order valence-corrected chi connectivity index (χ3v) is 4.11. The van der Waals surface area contributed by atoms with Crippen LogP contribution in [0.4, 0.5) is 0 Å². The quantitative estimate of drug-likeness (QED) is 0.473. The zero-order chi connectivity index (χ0) is 11.4. The van der Waals surface area contributed by atoms with Crippen LogP contribution in [0.5, 0.6) is 5.75 Å². The van der Waals surface area contributed by atoms with Crippen molar-refractivity contribution in [1.82, 2.24) is 4.98 Å². The van der Waals surface area contributed by atoms with Crippen LogP contribution in [0.15, 0.2) is 41.8 Å². The summed E-state index contributed by atoms with van der Waals surface area (Å²) in [6, 6.07) is 12.4. The predicted octanol–water partition coefficient (Wildman–Crippen LogP) is 4.24. The van der Waals surface area contributed by atoms with Gasteiger partial charge >= 0.3 is 0 Å². The Labute approximate surface area is 101 Å². The molecular formula is C14H9NOS. The Morgan fingerprint density at radius 1 is 0.941 bits per heavy atom. The van der Waals surface area contributed by atoms with E-state index in [0.29, 0.717) is 5.75 Å². The second-order valence-electron chi connectivity index (χ2n) is 4.19. The van der Waals surface area contributed by atoms with E-state index >= 15 is 0 Å². The second-order valence-corrected chi connectivity index (χ2v) is 5.10. The summed E-state index contributed by atoms with van der Waals surface area (Å²) >= 11 is 1.57. The molecule has 0 amide bonds. The third kappa shape index (κ3) is 1.14. The Morgan fingerprint density at radius 3 is 2.76 bits per heavy atom. The maximum Gasteiger partial charge on any atom is 0.134 e. The molecule has 2 nitrogen and oxygen atoms in total. The van der Waals surface area contributed by atoms with Gasteiger partial charge in [-0.05, 0) is 18.2 Å². The van der Waals surface area contributed by atoms with Crippen molar-refractivity contribution < 1.29 is 5.11 Å². The molecule has 0 radical (unpaired) electrons. The van der Waals surface area contributed by atoms with Crippen LogP contribution in [0.1, 0.15) is 0 Å². The topological polar surface area (TPSA) is 36.0 Å². The summed E-state index contributed by atoms with van der Waals surface area (Å²) in [7, 11) is 0. The van der Waals surface area contributed by atoms with Crippen LogP contribution in [-0.2, 0) is 0 Å². The molecule has 82 valence electrons. The Balaban J connectivity index is 2.29. The summed E-state index contributed by atoms with van der Waals surface area (Å²) in [5.74, 6) is 0.372. The van der Waals surface area contributed by atoms with E-state index in [4.69, 9.17) is 0 Å². The van der Waals surface area contributed by atoms with E-state index in [-0.39, 0.29) is 0 Å². The molecule has 0 saturated heterocycles. The van der Waals surface area contributed by atoms with Gasteiger partial charge in [-0.3, -0.25) is 0 Å². The van der Waals surface area contributed by atoms with E-state index in [1.165, 1.54) is 10.8 Å². The monoisotopic (exact) mass is 239 g/mol. The molecule has 4 rings (SSSR count). The van der Waals surface area contributed by atoms with Crippen molar-refractivity contribution in [2.75, 3.05) is 0 Å². The minimum Gasteiger partial charge on any atom is -0.506 e. The zero-order valence-corrected chi connectivity index (χ0v) is 9.71. The van der Waals surface area contributed by atoms with Crippen LogP contribution < -0.4 is 0 Å². The van der Waals surface area contributed by atoms with Crippen LogP contribution in [0.25, 0.3) is 31.9 Å². The fraction of sp³-hybridized carbons (Fsp3) is 0. The molecule has 2 aromatic carbocycles. The van der Waals surface area contributed by atoms with Crippen molar-refractivity contribution in [3.63, 3.8) is 0 Å². The first kappa shape index (κ1) is 9.07. The fourth-order valence-corrected chi connectivity index (χ4v) is 3.20. The average Bonchev–Trinajstić information content (AvgIpc) is 2.88. The highest BCUT2D eigenvalue weighted by Gasteiger charge is 2.08. The molecule has 0 aliphatic rings. The standard InChI is InChI=1S/C14H9NOS/c16-13-7-17-14-6-12-9(5-10(13)14)8-3-1-2-4-11(8)15-12/h1-7,15-16H. The number of hydrogen-bond donors (Lipinski definition) is 2. The van der Waals surface area contributed by atoms with Gasteiger partial charge in [0.05, 0.1) is 0 Å². The molecule has 2 aromatic heterocycles. The van der Waals surface area contributed by atoms with Gasteiger partial charge in [0.25, 0.3) is 0 Å². The molecule has 0 atom stereocenters. The summed E-state index contributed by atoms with van der Waals surface area (Å²) < 4.78 is 1.11. The van der Waals surface area contributed by atoms with Gasteiger partial charge in [-0.25, -0.2) is 0 Å². The number of hydrogen-bond acceptors (Lipinski definition) is 2. The van der Waals surface area contributed by atoms with E-state index in [2.05, 4.69) is 29.2 Å². The molecule has 0 aliphatic heterocycles. The minimum atomic E-state index is 0.372. The maximum atomic E-state index is 9.78. The van der Waals surface area contributed by atoms with Gasteiger partial charge in [0.1, 0.15) is 5.75 Å². The molecular weight excluding hydrogens is 230 g/mol. The molecule has 3 heteroatoms. The van der Waals surface area contributed by atoms with Gasteiger partial charge in [-0.2, -0.15) is 0 Å². The first-order valence-electron chi connectivity index (χ1n) is 5.43. The number of aromatic nitrogens is 1. The van der Waals surface area contributed by atoms with Crippen molar-refractivity contribution in [2.24, 2.45) is 0 Å². The van der Waals surface area contributed by atoms with E-state index in [1.54, 1.807) is 16.7 Å². The Morgan fingerprint density at radius 2 is 1.82 bits per heavy atom. The summed E-state index contributed by atoms with van der Waals surface area (Å²) in [4.78, 5) is 3.40. The molecule has 2 heterocycles. The van der Waals surface area contributed by atoms with Gasteiger partial charge in [0.2, 0.25) is 0 Å². The first-order valence-corrected chi connectivity index (χ1v) is 6.31. The summed E-state index contributed by atoms with van der Waals surface area (Å²) in [5, 5.41) is 14.9. The van der Waals surface area contributed by atoms with Crippen LogP contribution in [0.2, 0.25) is 0 Å². The maximum absolute atomic E-state index is 9.78. The van der Waals surface area contributed by atoms with E-state index < -0.39 is 0 Å². The Bertz CT molecular complexity index is 856. The lowest BCUT2D eigenvalue weighted by Crippen LogP contribution is -1.68. The lowest BCUT2D eigenvalue weighted by Gasteiger charge is -1.93. The Kier molecular flexibility index (Phi) is 1.61. The first-order chi connectivity index (χ1) is 8.33. The molecule has 17 heavy (non-hydrogen) atoms. The Hall–Kier alpha value is -2.00. The number of aromatic hydroxyl groups is 1. The number of nitrogens with one attached hydrogen (secondary N) is 1. The van der Waals surface area contributed by atoms with Gasteiger partial charge < -0.3 is 10.1 Å². The van der Waals surface area contributed by atoms with E-state index in [1.807, 2.05) is 12.1 Å². The number of thiophene rings is 1. The smallest absolute Gasteiger partial charge is 0.134 e. The molecule has 4 aromatic rings. The summed E-state index contributed by atoms with van der Waals surface area (Å²) in [6.45, 7) is 0. The van der Waals surface area contributed by atoms with Crippen molar-refractivity contribution in [2.45, 2.75) is 0 Å². The lowest BCUT2D eigenvalue weighted by atomic mass is 10.1. The summed E-state index contributed by atoms with van der Waals surface area (Å²) in [5.41, 5.74) is 2.26. The normalized spacial score (nSPS) is 11.8. The van der Waals surface area contributed by atoms with Gasteiger partial charge in [0, 0.05) is 37.3 Å². The second kappa shape index (κ2) is 3.02. The molecule has 0 spiro atoms. The highest BCUT2D eigenvalue weighted by Crippen LogP contribution is 2.36. The molecule has 0 saturated carbocycles. The molecule has 0 bridgehead atoms. The predicted molar refractivity (Wildman–Crippen MR) is 72.9 cm³/mol. The highest BCUT2D eigenvalue weighted by atomic mass is 32.1. The fourth-order valence-electron chi connectivity index (χ4n) is 2.36. The van der Waals surface area contributed by atoms with Gasteiger partial charge in [-0.1, -0.05) is 18.2 Å². The number of benzene rings is 2. The van der Waals surface area contributed by atoms with Crippen molar-refractivity contribution in [3.8, 4) is 5.75 Å². The van der Waals surface area contributed by atoms with Crippen molar-refractivity contribution in [3.05, 3.63) is 41.8 Å². The number of para-hydroxylation sites is 1. The zero-order valence-electron chi connectivity index (χ0n) is 8.90. The molecule has 0 fully saturated rings. The highest BCUT2D eigenvalue weighted by molar-refractivity contribution is 7.17. The molecule has 0 aliphatic carbocycles. The van der Waals surface area contributed by atoms with E-state index in [9.17, 15) is 5.11 Å². The van der Waals surface area contributed by atoms with Gasteiger partial charge in [0.15, 0.2) is 0 Å². The molecule has 0 unspecified atom stereocenters. The average molecular weight is 239 g/mol. The number of aromatic amines is 1. The summed E-state index contributed by atoms with van der Waals surface area (Å²) in [6.07, 6.45) is 0. The van der Waals surface area contributed by atoms with Crippen molar-refractivity contribution >= 4 is 43.2 Å². The SMILES string of the molecule is Oc1csc2cc3[nH]c4ccccc4c3cc12.